The van der Waals surface area contributed by atoms with Crippen LogP contribution >= 0.6 is 0 Å². The maximum absolute atomic E-state index is 12.1. The fraction of sp³-hybridized carbons (Fsp3) is 0.350. The number of carbonyl (C=O) groups is 1. The Balaban J connectivity index is 1.37. The SMILES string of the molecule is O=C(OCc1ccccc1)N1CCC(CNc2ccccc2)CC1. The standard InChI is InChI=1S/C20H24N2O2/c23-20(24-16-18-7-3-1-4-8-18)22-13-11-17(12-14-22)15-21-19-9-5-2-6-10-19/h1-10,17,21H,11-16H2. The smallest absolute Gasteiger partial charge is 0.410 e. The minimum Gasteiger partial charge on any atom is -0.445 e. The second-order valence-corrected chi connectivity index (χ2v) is 6.22. The molecule has 1 N–H and O–H groups in total. The lowest BCUT2D eigenvalue weighted by atomic mass is 9.97. The maximum Gasteiger partial charge on any atom is 0.410 e. The van der Waals surface area contributed by atoms with Crippen molar-refractivity contribution in [3.8, 4) is 0 Å². The van der Waals surface area contributed by atoms with Gasteiger partial charge in [0.05, 0.1) is 0 Å². The van der Waals surface area contributed by atoms with Crippen LogP contribution in [0.3, 0.4) is 0 Å². The predicted octanol–water partition coefficient (Wildman–Crippen LogP) is 4.15. The molecule has 0 bridgehead atoms. The number of amides is 1. The Morgan fingerprint density at radius 3 is 2.29 bits per heavy atom. The molecule has 1 fully saturated rings. The number of hydrogen-bond acceptors (Lipinski definition) is 3. The Kier molecular flexibility index (Phi) is 5.72. The van der Waals surface area contributed by atoms with Gasteiger partial charge in [0.25, 0.3) is 0 Å². The minimum absolute atomic E-state index is 0.201. The zero-order valence-electron chi connectivity index (χ0n) is 13.9. The Bertz CT molecular complexity index is 623. The van der Waals surface area contributed by atoms with Gasteiger partial charge in [0.15, 0.2) is 0 Å². The van der Waals surface area contributed by atoms with E-state index in [2.05, 4.69) is 17.4 Å². The molecule has 2 aromatic carbocycles. The molecule has 1 amide bonds. The van der Waals surface area contributed by atoms with E-state index in [-0.39, 0.29) is 6.09 Å². The summed E-state index contributed by atoms with van der Waals surface area (Å²) in [5.74, 6) is 0.600. The lowest BCUT2D eigenvalue weighted by molar-refractivity contribution is 0.0832. The van der Waals surface area contributed by atoms with Gasteiger partial charge in [0.1, 0.15) is 6.61 Å². The lowest BCUT2D eigenvalue weighted by Gasteiger charge is -2.31. The summed E-state index contributed by atoms with van der Waals surface area (Å²) in [5.41, 5.74) is 2.18. The molecular formula is C20H24N2O2. The van der Waals surface area contributed by atoms with Crippen LogP contribution < -0.4 is 5.32 Å². The molecule has 0 aliphatic carbocycles. The fourth-order valence-corrected chi connectivity index (χ4v) is 2.95. The molecule has 24 heavy (non-hydrogen) atoms. The summed E-state index contributed by atoms with van der Waals surface area (Å²) < 4.78 is 5.40. The second kappa shape index (κ2) is 8.39. The molecule has 0 saturated carbocycles. The molecular weight excluding hydrogens is 300 g/mol. The molecule has 126 valence electrons. The number of anilines is 1. The molecule has 4 heteroatoms. The molecule has 1 saturated heterocycles. The van der Waals surface area contributed by atoms with Crippen molar-refractivity contribution in [3.05, 3.63) is 66.2 Å². The first-order valence-electron chi connectivity index (χ1n) is 8.56. The molecule has 1 heterocycles. The van der Waals surface area contributed by atoms with Crippen molar-refractivity contribution < 1.29 is 9.53 Å². The third-order valence-electron chi connectivity index (χ3n) is 4.45. The van der Waals surface area contributed by atoms with Gasteiger partial charge in [-0.25, -0.2) is 4.79 Å². The van der Waals surface area contributed by atoms with Gasteiger partial charge < -0.3 is 15.0 Å². The molecule has 3 rings (SSSR count). The normalized spacial score (nSPS) is 15.1. The highest BCUT2D eigenvalue weighted by atomic mass is 16.6. The van der Waals surface area contributed by atoms with Crippen molar-refractivity contribution >= 4 is 11.8 Å². The van der Waals surface area contributed by atoms with Gasteiger partial charge in [-0.15, -0.1) is 0 Å². The first-order valence-corrected chi connectivity index (χ1v) is 8.56. The molecule has 1 aliphatic rings. The van der Waals surface area contributed by atoms with Crippen LogP contribution in [0.5, 0.6) is 0 Å². The number of hydrogen-bond donors (Lipinski definition) is 1. The largest absolute Gasteiger partial charge is 0.445 e. The van der Waals surface area contributed by atoms with E-state index in [0.717, 1.165) is 43.7 Å². The molecule has 4 nitrogen and oxygen atoms in total. The Hall–Kier alpha value is -2.49. The van der Waals surface area contributed by atoms with Gasteiger partial charge in [0, 0.05) is 25.3 Å². The first kappa shape index (κ1) is 16.4. The summed E-state index contributed by atoms with van der Waals surface area (Å²) in [5, 5.41) is 3.47. The summed E-state index contributed by atoms with van der Waals surface area (Å²) in [6.45, 7) is 2.84. The number of likely N-dealkylation sites (tertiary alicyclic amines) is 1. The predicted molar refractivity (Wildman–Crippen MR) is 95.9 cm³/mol. The summed E-state index contributed by atoms with van der Waals surface area (Å²) in [6.07, 6.45) is 1.83. The number of nitrogens with zero attached hydrogens (tertiary/aromatic N) is 1. The summed E-state index contributed by atoms with van der Waals surface area (Å²) in [7, 11) is 0. The van der Waals surface area contributed by atoms with Crippen molar-refractivity contribution in [2.45, 2.75) is 19.4 Å². The van der Waals surface area contributed by atoms with E-state index in [9.17, 15) is 4.79 Å². The topological polar surface area (TPSA) is 41.6 Å². The summed E-state index contributed by atoms with van der Waals surface area (Å²) >= 11 is 0. The van der Waals surface area contributed by atoms with Crippen molar-refractivity contribution in [1.29, 1.82) is 0 Å². The van der Waals surface area contributed by atoms with E-state index in [1.165, 1.54) is 0 Å². The molecule has 0 atom stereocenters. The molecule has 1 aliphatic heterocycles. The van der Waals surface area contributed by atoms with E-state index in [0.29, 0.717) is 12.5 Å². The van der Waals surface area contributed by atoms with Crippen LogP contribution in [0.4, 0.5) is 10.5 Å². The zero-order chi connectivity index (χ0) is 16.6. The Morgan fingerprint density at radius 1 is 1.00 bits per heavy atom. The van der Waals surface area contributed by atoms with E-state index in [1.807, 2.05) is 53.4 Å². The van der Waals surface area contributed by atoms with Gasteiger partial charge in [0.2, 0.25) is 0 Å². The van der Waals surface area contributed by atoms with E-state index in [1.54, 1.807) is 0 Å². The molecule has 2 aromatic rings. The van der Waals surface area contributed by atoms with Crippen LogP contribution in [-0.4, -0.2) is 30.6 Å². The number of piperidine rings is 1. The number of para-hydroxylation sites is 1. The van der Waals surface area contributed by atoms with E-state index < -0.39 is 0 Å². The number of rotatable bonds is 5. The maximum atomic E-state index is 12.1. The number of benzene rings is 2. The number of ether oxygens (including phenoxy) is 1. The molecule has 0 aromatic heterocycles. The van der Waals surface area contributed by atoms with Crippen LogP contribution in [0.1, 0.15) is 18.4 Å². The van der Waals surface area contributed by atoms with Gasteiger partial charge in [-0.2, -0.15) is 0 Å². The third-order valence-corrected chi connectivity index (χ3v) is 4.45. The van der Waals surface area contributed by atoms with Crippen molar-refractivity contribution in [2.24, 2.45) is 5.92 Å². The average molecular weight is 324 g/mol. The quantitative estimate of drug-likeness (QED) is 0.898. The third kappa shape index (κ3) is 4.75. The van der Waals surface area contributed by atoms with Crippen LogP contribution in [0.25, 0.3) is 0 Å². The average Bonchev–Trinajstić information content (AvgIpc) is 2.66. The van der Waals surface area contributed by atoms with E-state index in [4.69, 9.17) is 4.74 Å². The monoisotopic (exact) mass is 324 g/mol. The van der Waals surface area contributed by atoms with Gasteiger partial charge >= 0.3 is 6.09 Å². The second-order valence-electron chi connectivity index (χ2n) is 6.22. The Labute approximate surface area is 143 Å². The summed E-state index contributed by atoms with van der Waals surface area (Å²) in [6, 6.07) is 20.0. The van der Waals surface area contributed by atoms with Crippen LogP contribution in [0.15, 0.2) is 60.7 Å². The van der Waals surface area contributed by atoms with Gasteiger partial charge in [-0.05, 0) is 36.5 Å². The molecule has 0 spiro atoms. The zero-order valence-corrected chi connectivity index (χ0v) is 13.9. The van der Waals surface area contributed by atoms with Crippen LogP contribution in [0, 0.1) is 5.92 Å². The highest BCUT2D eigenvalue weighted by Gasteiger charge is 2.23. The van der Waals surface area contributed by atoms with Crippen LogP contribution in [0.2, 0.25) is 0 Å². The van der Waals surface area contributed by atoms with E-state index >= 15 is 0 Å². The minimum atomic E-state index is -0.201. The van der Waals surface area contributed by atoms with Crippen molar-refractivity contribution in [3.63, 3.8) is 0 Å². The molecule has 0 radical (unpaired) electrons. The van der Waals surface area contributed by atoms with Gasteiger partial charge in [-0.1, -0.05) is 48.5 Å². The number of carbonyl (C=O) groups excluding carboxylic acids is 1. The highest BCUT2D eigenvalue weighted by Crippen LogP contribution is 2.19. The fourth-order valence-electron chi connectivity index (χ4n) is 2.95. The van der Waals surface area contributed by atoms with Gasteiger partial charge in [-0.3, -0.25) is 0 Å². The highest BCUT2D eigenvalue weighted by molar-refractivity contribution is 5.67. The number of nitrogens with one attached hydrogen (secondary N) is 1. The van der Waals surface area contributed by atoms with Crippen molar-refractivity contribution in [1.82, 2.24) is 4.90 Å². The molecule has 0 unspecified atom stereocenters. The van der Waals surface area contributed by atoms with Crippen LogP contribution in [-0.2, 0) is 11.3 Å². The first-order chi connectivity index (χ1) is 11.8. The summed E-state index contributed by atoms with van der Waals surface area (Å²) in [4.78, 5) is 14.0. The van der Waals surface area contributed by atoms with Crippen molar-refractivity contribution in [2.75, 3.05) is 25.0 Å². The lowest BCUT2D eigenvalue weighted by Crippen LogP contribution is -2.40. The Morgan fingerprint density at radius 2 is 1.62 bits per heavy atom.